The fourth-order valence-electron chi connectivity index (χ4n) is 1.93. The fourth-order valence-corrected chi connectivity index (χ4v) is 1.93. The van der Waals surface area contributed by atoms with Gasteiger partial charge in [-0.2, -0.15) is 0 Å². The molecule has 0 spiro atoms. The van der Waals surface area contributed by atoms with E-state index < -0.39 is 5.91 Å². The molecule has 6 nitrogen and oxygen atoms in total. The second-order valence-electron chi connectivity index (χ2n) is 4.90. The standard InChI is InChI=1S/C17H19N3O3/c18-16(21)12-23-15-8-6-14(7-9-15)20-17(22)19-11-10-13-4-2-1-3-5-13/h1-9H,10-12H2,(H2,18,21)(H2,19,20,22). The highest BCUT2D eigenvalue weighted by Crippen LogP contribution is 2.15. The molecule has 2 aromatic rings. The van der Waals surface area contributed by atoms with Gasteiger partial charge in [0.25, 0.3) is 5.91 Å². The summed E-state index contributed by atoms with van der Waals surface area (Å²) >= 11 is 0. The Morgan fingerprint density at radius 2 is 1.70 bits per heavy atom. The SMILES string of the molecule is NC(=O)COc1ccc(NC(=O)NCCc2ccccc2)cc1. The molecule has 23 heavy (non-hydrogen) atoms. The van der Waals surface area contributed by atoms with Crippen molar-refractivity contribution in [2.24, 2.45) is 5.73 Å². The largest absolute Gasteiger partial charge is 0.484 e. The number of amides is 3. The first-order valence-corrected chi connectivity index (χ1v) is 7.23. The van der Waals surface area contributed by atoms with E-state index in [-0.39, 0.29) is 12.6 Å². The average molecular weight is 313 g/mol. The van der Waals surface area contributed by atoms with Crippen molar-refractivity contribution in [2.75, 3.05) is 18.5 Å². The molecule has 0 aliphatic heterocycles. The third-order valence-corrected chi connectivity index (χ3v) is 3.04. The zero-order valence-corrected chi connectivity index (χ0v) is 12.6. The molecule has 0 saturated carbocycles. The van der Waals surface area contributed by atoms with E-state index in [4.69, 9.17) is 10.5 Å². The van der Waals surface area contributed by atoms with Crippen LogP contribution in [0.15, 0.2) is 54.6 Å². The number of carbonyl (C=O) groups excluding carboxylic acids is 2. The topological polar surface area (TPSA) is 93.5 Å². The molecular formula is C17H19N3O3. The molecule has 0 radical (unpaired) electrons. The molecule has 3 amide bonds. The van der Waals surface area contributed by atoms with Crippen molar-refractivity contribution in [3.8, 4) is 5.75 Å². The predicted molar refractivity (Wildman–Crippen MR) is 88.3 cm³/mol. The lowest BCUT2D eigenvalue weighted by atomic mass is 10.1. The van der Waals surface area contributed by atoms with Crippen LogP contribution in [0, 0.1) is 0 Å². The Labute approximate surface area is 134 Å². The molecule has 4 N–H and O–H groups in total. The molecule has 0 unspecified atom stereocenters. The molecule has 0 aliphatic rings. The molecule has 0 saturated heterocycles. The van der Waals surface area contributed by atoms with Crippen LogP contribution in [0.25, 0.3) is 0 Å². The van der Waals surface area contributed by atoms with Crippen molar-refractivity contribution in [2.45, 2.75) is 6.42 Å². The third-order valence-electron chi connectivity index (χ3n) is 3.04. The van der Waals surface area contributed by atoms with E-state index in [0.717, 1.165) is 6.42 Å². The smallest absolute Gasteiger partial charge is 0.319 e. The minimum atomic E-state index is -0.537. The lowest BCUT2D eigenvalue weighted by Gasteiger charge is -2.09. The van der Waals surface area contributed by atoms with Crippen LogP contribution in [0.2, 0.25) is 0 Å². The zero-order valence-electron chi connectivity index (χ0n) is 12.6. The van der Waals surface area contributed by atoms with E-state index in [0.29, 0.717) is 18.0 Å². The Kier molecular flexibility index (Phi) is 5.99. The molecule has 0 heterocycles. The maximum atomic E-state index is 11.8. The van der Waals surface area contributed by atoms with Crippen LogP contribution in [-0.2, 0) is 11.2 Å². The summed E-state index contributed by atoms with van der Waals surface area (Å²) < 4.78 is 5.14. The van der Waals surface area contributed by atoms with Crippen LogP contribution in [0.1, 0.15) is 5.56 Å². The minimum absolute atomic E-state index is 0.174. The summed E-state index contributed by atoms with van der Waals surface area (Å²) in [7, 11) is 0. The molecule has 0 atom stereocenters. The van der Waals surface area contributed by atoms with Crippen molar-refractivity contribution in [3.63, 3.8) is 0 Å². The maximum Gasteiger partial charge on any atom is 0.319 e. The summed E-state index contributed by atoms with van der Waals surface area (Å²) in [5, 5.41) is 5.51. The van der Waals surface area contributed by atoms with Crippen LogP contribution >= 0.6 is 0 Å². The van der Waals surface area contributed by atoms with E-state index >= 15 is 0 Å². The van der Waals surface area contributed by atoms with Gasteiger partial charge in [0.15, 0.2) is 6.61 Å². The summed E-state index contributed by atoms with van der Waals surface area (Å²) in [6, 6.07) is 16.3. The first-order chi connectivity index (χ1) is 11.1. The minimum Gasteiger partial charge on any atom is -0.484 e. The first kappa shape index (κ1) is 16.4. The normalized spacial score (nSPS) is 9.91. The Bertz CT molecular complexity index is 642. The van der Waals surface area contributed by atoms with Gasteiger partial charge in [0, 0.05) is 12.2 Å². The second-order valence-corrected chi connectivity index (χ2v) is 4.90. The van der Waals surface area contributed by atoms with Crippen molar-refractivity contribution in [1.29, 1.82) is 0 Å². The van der Waals surface area contributed by atoms with Crippen molar-refractivity contribution < 1.29 is 14.3 Å². The number of benzene rings is 2. The number of anilines is 1. The highest BCUT2D eigenvalue weighted by molar-refractivity contribution is 5.89. The number of nitrogens with two attached hydrogens (primary N) is 1. The van der Waals surface area contributed by atoms with Gasteiger partial charge in [-0.15, -0.1) is 0 Å². The van der Waals surface area contributed by atoms with Crippen molar-refractivity contribution >= 4 is 17.6 Å². The van der Waals surface area contributed by atoms with Crippen LogP contribution < -0.4 is 21.1 Å². The summed E-state index contributed by atoms with van der Waals surface area (Å²) in [6.07, 6.45) is 0.772. The van der Waals surface area contributed by atoms with Gasteiger partial charge >= 0.3 is 6.03 Å². The van der Waals surface area contributed by atoms with Gasteiger partial charge in [-0.25, -0.2) is 4.79 Å². The molecular weight excluding hydrogens is 294 g/mol. The Morgan fingerprint density at radius 1 is 1.00 bits per heavy atom. The Balaban J connectivity index is 1.73. The van der Waals surface area contributed by atoms with Gasteiger partial charge in [0.2, 0.25) is 0 Å². The number of hydrogen-bond donors (Lipinski definition) is 3. The number of nitrogens with one attached hydrogen (secondary N) is 2. The Morgan fingerprint density at radius 3 is 2.35 bits per heavy atom. The van der Waals surface area contributed by atoms with Gasteiger partial charge in [0.1, 0.15) is 5.75 Å². The molecule has 120 valence electrons. The van der Waals surface area contributed by atoms with Gasteiger partial charge in [-0.3, -0.25) is 4.79 Å². The van der Waals surface area contributed by atoms with E-state index in [1.165, 1.54) is 5.56 Å². The first-order valence-electron chi connectivity index (χ1n) is 7.23. The van der Waals surface area contributed by atoms with Crippen molar-refractivity contribution in [1.82, 2.24) is 5.32 Å². The number of primary amides is 1. The van der Waals surface area contributed by atoms with Crippen LogP contribution in [0.5, 0.6) is 5.75 Å². The second kappa shape index (κ2) is 8.43. The van der Waals surface area contributed by atoms with E-state index in [9.17, 15) is 9.59 Å². The van der Waals surface area contributed by atoms with Crippen LogP contribution in [-0.4, -0.2) is 25.1 Å². The number of rotatable bonds is 7. The molecule has 0 bridgehead atoms. The molecule has 6 heteroatoms. The molecule has 0 aromatic heterocycles. The van der Waals surface area contributed by atoms with Crippen LogP contribution in [0.4, 0.5) is 10.5 Å². The lowest BCUT2D eigenvalue weighted by molar-refractivity contribution is -0.119. The number of ether oxygens (including phenoxy) is 1. The van der Waals surface area contributed by atoms with Crippen LogP contribution in [0.3, 0.4) is 0 Å². The summed E-state index contributed by atoms with van der Waals surface area (Å²) in [6.45, 7) is 0.377. The molecule has 0 aliphatic carbocycles. The van der Waals surface area contributed by atoms with E-state index in [2.05, 4.69) is 10.6 Å². The maximum absolute atomic E-state index is 11.8. The van der Waals surface area contributed by atoms with E-state index in [1.807, 2.05) is 30.3 Å². The van der Waals surface area contributed by atoms with Gasteiger partial charge in [0.05, 0.1) is 0 Å². The highest BCUT2D eigenvalue weighted by atomic mass is 16.5. The third kappa shape index (κ3) is 6.09. The highest BCUT2D eigenvalue weighted by Gasteiger charge is 2.02. The number of hydrogen-bond acceptors (Lipinski definition) is 3. The molecule has 2 aromatic carbocycles. The lowest BCUT2D eigenvalue weighted by Crippen LogP contribution is -2.30. The number of carbonyl (C=O) groups is 2. The summed E-state index contributed by atoms with van der Waals surface area (Å²) in [5.74, 6) is -0.0242. The Hall–Kier alpha value is -3.02. The van der Waals surface area contributed by atoms with Gasteiger partial charge in [-0.05, 0) is 36.2 Å². The van der Waals surface area contributed by atoms with Gasteiger partial charge < -0.3 is 21.1 Å². The number of urea groups is 1. The summed E-state index contributed by atoms with van der Waals surface area (Å²) in [4.78, 5) is 22.4. The quantitative estimate of drug-likeness (QED) is 0.729. The predicted octanol–water partition coefficient (Wildman–Crippen LogP) is 1.91. The monoisotopic (exact) mass is 313 g/mol. The fraction of sp³-hybridized carbons (Fsp3) is 0.176. The van der Waals surface area contributed by atoms with Gasteiger partial charge in [-0.1, -0.05) is 30.3 Å². The average Bonchev–Trinajstić information content (AvgIpc) is 2.55. The molecule has 2 rings (SSSR count). The molecule has 0 fully saturated rings. The van der Waals surface area contributed by atoms with Crippen molar-refractivity contribution in [3.05, 3.63) is 60.2 Å². The zero-order chi connectivity index (χ0) is 16.5. The van der Waals surface area contributed by atoms with E-state index in [1.54, 1.807) is 24.3 Å². The summed E-state index contributed by atoms with van der Waals surface area (Å²) in [5.41, 5.74) is 6.80.